The van der Waals surface area contributed by atoms with Gasteiger partial charge < -0.3 is 19.3 Å². The summed E-state index contributed by atoms with van der Waals surface area (Å²) in [5, 5.41) is 0. The van der Waals surface area contributed by atoms with Gasteiger partial charge in [0.1, 0.15) is 18.1 Å². The van der Waals surface area contributed by atoms with Crippen LogP contribution in [0.15, 0.2) is 18.2 Å². The zero-order valence-electron chi connectivity index (χ0n) is 14.4. The molecule has 0 radical (unpaired) electrons. The van der Waals surface area contributed by atoms with E-state index in [1.165, 1.54) is 0 Å². The van der Waals surface area contributed by atoms with E-state index in [4.69, 9.17) is 9.47 Å². The largest absolute Gasteiger partial charge is 0.497 e. The van der Waals surface area contributed by atoms with Gasteiger partial charge in [-0.3, -0.25) is 4.79 Å². The predicted molar refractivity (Wildman–Crippen MR) is 88.9 cm³/mol. The van der Waals surface area contributed by atoms with Gasteiger partial charge in [0, 0.05) is 25.2 Å². The molecule has 2 heterocycles. The molecule has 0 saturated carbocycles. The van der Waals surface area contributed by atoms with E-state index in [1.807, 2.05) is 23.1 Å². The minimum absolute atomic E-state index is 0.0796. The molecule has 0 aliphatic carbocycles. The van der Waals surface area contributed by atoms with E-state index in [0.717, 1.165) is 36.6 Å². The smallest absolute Gasteiger partial charge is 0.229 e. The fraction of sp³-hybridized carbons (Fsp3) is 0.611. The average molecular weight is 318 g/mol. The van der Waals surface area contributed by atoms with E-state index < -0.39 is 0 Å². The molecule has 3 rings (SSSR count). The zero-order valence-corrected chi connectivity index (χ0v) is 14.4. The molecule has 23 heavy (non-hydrogen) atoms. The number of likely N-dealkylation sites (N-methyl/N-ethyl adjacent to an activating group) is 1. The first-order valence-corrected chi connectivity index (χ1v) is 8.24. The van der Waals surface area contributed by atoms with Gasteiger partial charge in [-0.2, -0.15) is 0 Å². The molecule has 1 fully saturated rings. The summed E-state index contributed by atoms with van der Waals surface area (Å²) in [6.45, 7) is 4.33. The third-order valence-corrected chi connectivity index (χ3v) is 5.08. The number of nitrogens with zero attached hydrogens (tertiary/aromatic N) is 2. The maximum absolute atomic E-state index is 12.8. The highest BCUT2D eigenvalue weighted by atomic mass is 16.5. The molecule has 5 nitrogen and oxygen atoms in total. The van der Waals surface area contributed by atoms with Gasteiger partial charge in [0.05, 0.1) is 13.0 Å². The molecule has 0 unspecified atom stereocenters. The van der Waals surface area contributed by atoms with Crippen molar-refractivity contribution in [3.05, 3.63) is 23.8 Å². The number of carbonyl (C=O) groups is 1. The molecule has 2 aliphatic heterocycles. The lowest BCUT2D eigenvalue weighted by atomic mass is 9.95. The van der Waals surface area contributed by atoms with Crippen molar-refractivity contribution in [1.82, 2.24) is 9.80 Å². The summed E-state index contributed by atoms with van der Waals surface area (Å²) in [7, 11) is 5.82. The minimum Gasteiger partial charge on any atom is -0.497 e. The SMILES string of the molecule is COc1ccc2c(c1)OC[C@H](C(=O)N1C[C@@H](C)[C@@H](N(C)C)C1)C2. The third-order valence-electron chi connectivity index (χ3n) is 5.08. The van der Waals surface area contributed by atoms with Gasteiger partial charge in [-0.15, -0.1) is 0 Å². The number of benzene rings is 1. The van der Waals surface area contributed by atoms with Crippen LogP contribution in [0.5, 0.6) is 11.5 Å². The van der Waals surface area contributed by atoms with E-state index in [2.05, 4.69) is 25.9 Å². The van der Waals surface area contributed by atoms with Crippen LogP contribution >= 0.6 is 0 Å². The summed E-state index contributed by atoms with van der Waals surface area (Å²) in [4.78, 5) is 17.1. The number of hydrogen-bond acceptors (Lipinski definition) is 4. The van der Waals surface area contributed by atoms with E-state index in [9.17, 15) is 4.79 Å². The summed E-state index contributed by atoms with van der Waals surface area (Å²) >= 11 is 0. The van der Waals surface area contributed by atoms with Crippen LogP contribution in [-0.2, 0) is 11.2 Å². The monoisotopic (exact) mass is 318 g/mol. The number of ether oxygens (including phenoxy) is 2. The van der Waals surface area contributed by atoms with Gasteiger partial charge >= 0.3 is 0 Å². The standard InChI is InChI=1S/C18H26N2O3/c1-12-9-20(10-16(12)19(2)3)18(21)14-7-13-5-6-15(22-4)8-17(13)23-11-14/h5-6,8,12,14,16H,7,9-11H2,1-4H3/t12-,14-,16+/m1/s1. The summed E-state index contributed by atoms with van der Waals surface area (Å²) in [5.74, 6) is 2.28. The molecule has 1 amide bonds. The van der Waals surface area contributed by atoms with Crippen LogP contribution in [-0.4, -0.2) is 62.7 Å². The van der Waals surface area contributed by atoms with E-state index >= 15 is 0 Å². The number of fused-ring (bicyclic) bond motifs is 1. The van der Waals surface area contributed by atoms with Crippen molar-refractivity contribution < 1.29 is 14.3 Å². The van der Waals surface area contributed by atoms with Crippen molar-refractivity contribution in [1.29, 1.82) is 0 Å². The van der Waals surface area contributed by atoms with Crippen LogP contribution in [0.2, 0.25) is 0 Å². The molecule has 2 aliphatic rings. The number of amides is 1. The van der Waals surface area contributed by atoms with Crippen molar-refractivity contribution in [2.75, 3.05) is 40.9 Å². The maximum atomic E-state index is 12.8. The van der Waals surface area contributed by atoms with Crippen molar-refractivity contribution in [3.63, 3.8) is 0 Å². The summed E-state index contributed by atoms with van der Waals surface area (Å²) in [6, 6.07) is 6.27. The molecule has 1 aromatic rings. The number of rotatable bonds is 3. The highest BCUT2D eigenvalue weighted by Crippen LogP contribution is 2.32. The van der Waals surface area contributed by atoms with E-state index in [-0.39, 0.29) is 11.8 Å². The predicted octanol–water partition coefficient (Wildman–Crippen LogP) is 1.65. The van der Waals surface area contributed by atoms with Crippen LogP contribution < -0.4 is 9.47 Å². The van der Waals surface area contributed by atoms with Crippen LogP contribution in [0, 0.1) is 11.8 Å². The molecule has 1 saturated heterocycles. The molecule has 0 spiro atoms. The first-order chi connectivity index (χ1) is 11.0. The van der Waals surface area contributed by atoms with Crippen LogP contribution in [0.4, 0.5) is 0 Å². The van der Waals surface area contributed by atoms with Crippen molar-refractivity contribution in [3.8, 4) is 11.5 Å². The Morgan fingerprint density at radius 1 is 1.35 bits per heavy atom. The molecule has 0 bridgehead atoms. The Hall–Kier alpha value is -1.75. The Bertz CT molecular complexity index is 588. The number of hydrogen-bond donors (Lipinski definition) is 0. The van der Waals surface area contributed by atoms with Crippen molar-refractivity contribution in [2.24, 2.45) is 11.8 Å². The topological polar surface area (TPSA) is 42.0 Å². The van der Waals surface area contributed by atoms with Crippen molar-refractivity contribution in [2.45, 2.75) is 19.4 Å². The molecular weight excluding hydrogens is 292 g/mol. The number of carbonyl (C=O) groups excluding carboxylic acids is 1. The first kappa shape index (κ1) is 16.1. The summed E-state index contributed by atoms with van der Waals surface area (Å²) in [5.41, 5.74) is 1.09. The second-order valence-corrected chi connectivity index (χ2v) is 6.94. The molecule has 126 valence electrons. The van der Waals surface area contributed by atoms with Gasteiger partial charge in [0.15, 0.2) is 0 Å². The fourth-order valence-corrected chi connectivity index (χ4v) is 3.70. The van der Waals surface area contributed by atoms with Gasteiger partial charge in [-0.25, -0.2) is 0 Å². The molecule has 5 heteroatoms. The number of likely N-dealkylation sites (tertiary alicyclic amines) is 1. The highest BCUT2D eigenvalue weighted by molar-refractivity contribution is 5.80. The maximum Gasteiger partial charge on any atom is 0.229 e. The Morgan fingerprint density at radius 2 is 2.13 bits per heavy atom. The lowest BCUT2D eigenvalue weighted by Gasteiger charge is -2.28. The molecule has 0 N–H and O–H groups in total. The Balaban J connectivity index is 1.68. The molecular formula is C18H26N2O3. The first-order valence-electron chi connectivity index (χ1n) is 8.24. The molecule has 0 aromatic heterocycles. The quantitative estimate of drug-likeness (QED) is 0.850. The van der Waals surface area contributed by atoms with Crippen LogP contribution in [0.3, 0.4) is 0 Å². The second-order valence-electron chi connectivity index (χ2n) is 6.94. The molecule has 3 atom stereocenters. The van der Waals surface area contributed by atoms with E-state index in [0.29, 0.717) is 18.6 Å². The lowest BCUT2D eigenvalue weighted by molar-refractivity contribution is -0.136. The lowest BCUT2D eigenvalue weighted by Crippen LogP contribution is -2.41. The third kappa shape index (κ3) is 3.15. The van der Waals surface area contributed by atoms with Gasteiger partial charge in [-0.1, -0.05) is 13.0 Å². The fourth-order valence-electron chi connectivity index (χ4n) is 3.70. The molecule has 1 aromatic carbocycles. The second kappa shape index (κ2) is 6.40. The average Bonchev–Trinajstić information content (AvgIpc) is 2.95. The Morgan fingerprint density at radius 3 is 2.78 bits per heavy atom. The van der Waals surface area contributed by atoms with Gasteiger partial charge in [0.25, 0.3) is 0 Å². The highest BCUT2D eigenvalue weighted by Gasteiger charge is 2.37. The van der Waals surface area contributed by atoms with E-state index in [1.54, 1.807) is 7.11 Å². The summed E-state index contributed by atoms with van der Waals surface area (Å²) in [6.07, 6.45) is 0.746. The van der Waals surface area contributed by atoms with Crippen molar-refractivity contribution >= 4 is 5.91 Å². The normalized spacial score (nSPS) is 26.8. The van der Waals surface area contributed by atoms with Crippen LogP contribution in [0.1, 0.15) is 12.5 Å². The van der Waals surface area contributed by atoms with Gasteiger partial charge in [0.2, 0.25) is 5.91 Å². The number of methoxy groups -OCH3 is 1. The zero-order chi connectivity index (χ0) is 16.6. The minimum atomic E-state index is -0.0796. The van der Waals surface area contributed by atoms with Crippen LogP contribution in [0.25, 0.3) is 0 Å². The Kier molecular flexibility index (Phi) is 4.48. The summed E-state index contributed by atoms with van der Waals surface area (Å²) < 4.78 is 11.0. The Labute approximate surface area is 138 Å². The van der Waals surface area contributed by atoms with Gasteiger partial charge in [-0.05, 0) is 38.1 Å².